The van der Waals surface area contributed by atoms with Crippen molar-refractivity contribution in [2.45, 2.75) is 13.0 Å². The molecule has 1 heterocycles. The van der Waals surface area contributed by atoms with Gasteiger partial charge in [-0.1, -0.05) is 11.6 Å². The van der Waals surface area contributed by atoms with E-state index in [2.05, 4.69) is 20.7 Å². The third-order valence-electron chi connectivity index (χ3n) is 2.67. The molecule has 1 aromatic heterocycles. The van der Waals surface area contributed by atoms with E-state index in [1.54, 1.807) is 36.3 Å². The first-order valence-electron chi connectivity index (χ1n) is 6.31. The molecule has 0 spiro atoms. The standard InChI is InChI=1S/C13H16ClN5O2/c1-9(6-21-2)17-13(20)18-11-5-10(14)3-4-12(11)19-8-15-7-16-19/h3-5,7-9H,6H2,1-2H3,(H2,17,18,20)/t9-/m0/s1. The van der Waals surface area contributed by atoms with Crippen molar-refractivity contribution in [2.24, 2.45) is 0 Å². The predicted molar refractivity (Wildman–Crippen MR) is 79.9 cm³/mol. The zero-order valence-electron chi connectivity index (χ0n) is 11.7. The Hall–Kier alpha value is -2.12. The summed E-state index contributed by atoms with van der Waals surface area (Å²) in [6, 6.07) is 4.67. The second-order valence-electron chi connectivity index (χ2n) is 4.46. The number of hydrogen-bond acceptors (Lipinski definition) is 4. The van der Waals surface area contributed by atoms with E-state index < -0.39 is 0 Å². The number of aromatic nitrogens is 3. The van der Waals surface area contributed by atoms with Crippen LogP contribution in [0.25, 0.3) is 5.69 Å². The van der Waals surface area contributed by atoms with Crippen molar-refractivity contribution >= 4 is 23.3 Å². The molecule has 0 fully saturated rings. The van der Waals surface area contributed by atoms with E-state index in [9.17, 15) is 4.79 Å². The van der Waals surface area contributed by atoms with Crippen LogP contribution in [-0.2, 0) is 4.74 Å². The van der Waals surface area contributed by atoms with E-state index in [0.717, 1.165) is 0 Å². The number of hydrogen-bond donors (Lipinski definition) is 2. The minimum Gasteiger partial charge on any atom is -0.383 e. The number of halogens is 1. The topological polar surface area (TPSA) is 81.1 Å². The first-order chi connectivity index (χ1) is 10.1. The quantitative estimate of drug-likeness (QED) is 0.886. The Bertz CT molecular complexity index is 603. The Morgan fingerprint density at radius 2 is 2.33 bits per heavy atom. The highest BCUT2D eigenvalue weighted by Gasteiger charge is 2.11. The van der Waals surface area contributed by atoms with E-state index in [1.807, 2.05) is 6.92 Å². The monoisotopic (exact) mass is 309 g/mol. The lowest BCUT2D eigenvalue weighted by molar-refractivity contribution is 0.173. The number of carbonyl (C=O) groups is 1. The van der Waals surface area contributed by atoms with Crippen molar-refractivity contribution in [1.82, 2.24) is 20.1 Å². The smallest absolute Gasteiger partial charge is 0.319 e. The molecule has 7 nitrogen and oxygen atoms in total. The molecule has 0 saturated carbocycles. The molecule has 0 aliphatic carbocycles. The van der Waals surface area contributed by atoms with E-state index >= 15 is 0 Å². The summed E-state index contributed by atoms with van der Waals surface area (Å²) in [5, 5.41) is 10.1. The van der Waals surface area contributed by atoms with Crippen molar-refractivity contribution in [3.05, 3.63) is 35.9 Å². The Morgan fingerprint density at radius 1 is 1.52 bits per heavy atom. The number of carbonyl (C=O) groups excluding carboxylic acids is 1. The van der Waals surface area contributed by atoms with Gasteiger partial charge in [0.05, 0.1) is 24.0 Å². The van der Waals surface area contributed by atoms with Gasteiger partial charge in [0, 0.05) is 12.1 Å². The minimum atomic E-state index is -0.344. The zero-order chi connectivity index (χ0) is 15.2. The fraction of sp³-hybridized carbons (Fsp3) is 0.308. The molecular weight excluding hydrogens is 294 g/mol. The summed E-state index contributed by atoms with van der Waals surface area (Å²) in [6.45, 7) is 2.28. The molecule has 0 unspecified atom stereocenters. The number of rotatable bonds is 5. The number of anilines is 1. The molecule has 2 rings (SSSR count). The predicted octanol–water partition coefficient (Wildman–Crippen LogP) is 2.08. The van der Waals surface area contributed by atoms with Gasteiger partial charge in [0.2, 0.25) is 0 Å². The Morgan fingerprint density at radius 3 is 3.00 bits per heavy atom. The second-order valence-corrected chi connectivity index (χ2v) is 4.89. The maximum absolute atomic E-state index is 12.0. The van der Waals surface area contributed by atoms with E-state index in [4.69, 9.17) is 16.3 Å². The van der Waals surface area contributed by atoms with Gasteiger partial charge in [0.25, 0.3) is 0 Å². The van der Waals surface area contributed by atoms with Crippen LogP contribution in [0.5, 0.6) is 0 Å². The lowest BCUT2D eigenvalue weighted by atomic mass is 10.2. The highest BCUT2D eigenvalue weighted by atomic mass is 35.5. The Kier molecular flexibility index (Phi) is 5.13. The molecule has 0 aliphatic rings. The number of urea groups is 1. The van der Waals surface area contributed by atoms with Crippen LogP contribution in [0.1, 0.15) is 6.92 Å². The molecular formula is C13H16ClN5O2. The molecule has 1 aromatic carbocycles. The van der Waals surface area contributed by atoms with Crippen LogP contribution in [0, 0.1) is 0 Å². The van der Waals surface area contributed by atoms with Crippen LogP contribution in [0.2, 0.25) is 5.02 Å². The van der Waals surface area contributed by atoms with Crippen molar-refractivity contribution in [2.75, 3.05) is 19.0 Å². The first-order valence-corrected chi connectivity index (χ1v) is 6.69. The highest BCUT2D eigenvalue weighted by molar-refractivity contribution is 6.31. The number of methoxy groups -OCH3 is 1. The van der Waals surface area contributed by atoms with Crippen LogP contribution >= 0.6 is 11.6 Å². The maximum Gasteiger partial charge on any atom is 0.319 e. The van der Waals surface area contributed by atoms with Gasteiger partial charge in [-0.15, -0.1) is 0 Å². The molecule has 2 N–H and O–H groups in total. The summed E-state index contributed by atoms with van der Waals surface area (Å²) in [5.74, 6) is 0. The third-order valence-corrected chi connectivity index (χ3v) is 2.90. The Labute approximate surface area is 127 Å². The average molecular weight is 310 g/mol. The van der Waals surface area contributed by atoms with Gasteiger partial charge >= 0.3 is 6.03 Å². The molecule has 0 aliphatic heterocycles. The number of nitrogens with one attached hydrogen (secondary N) is 2. The summed E-state index contributed by atoms with van der Waals surface area (Å²) >= 11 is 5.98. The van der Waals surface area contributed by atoms with Crippen LogP contribution in [-0.4, -0.2) is 40.6 Å². The largest absolute Gasteiger partial charge is 0.383 e. The van der Waals surface area contributed by atoms with Gasteiger partial charge in [-0.2, -0.15) is 5.10 Å². The van der Waals surface area contributed by atoms with Gasteiger partial charge < -0.3 is 15.4 Å². The summed E-state index contributed by atoms with van der Waals surface area (Å²) < 4.78 is 6.52. The normalized spacial score (nSPS) is 12.0. The molecule has 0 saturated heterocycles. The van der Waals surface area contributed by atoms with E-state index in [-0.39, 0.29) is 12.1 Å². The van der Waals surface area contributed by atoms with Crippen LogP contribution < -0.4 is 10.6 Å². The number of benzene rings is 1. The van der Waals surface area contributed by atoms with Gasteiger partial charge in [-0.05, 0) is 25.1 Å². The van der Waals surface area contributed by atoms with Gasteiger partial charge in [0.15, 0.2) is 0 Å². The van der Waals surface area contributed by atoms with Crippen molar-refractivity contribution in [3.63, 3.8) is 0 Å². The van der Waals surface area contributed by atoms with Gasteiger partial charge in [-0.3, -0.25) is 0 Å². The summed E-state index contributed by atoms with van der Waals surface area (Å²) in [6.07, 6.45) is 2.96. The molecule has 1 atom stereocenters. The third kappa shape index (κ3) is 4.17. The maximum atomic E-state index is 12.0. The molecule has 21 heavy (non-hydrogen) atoms. The molecule has 112 valence electrons. The summed E-state index contributed by atoms with van der Waals surface area (Å²) in [5.41, 5.74) is 1.21. The van der Waals surface area contributed by atoms with Crippen molar-refractivity contribution in [1.29, 1.82) is 0 Å². The fourth-order valence-corrected chi connectivity index (χ4v) is 1.99. The number of nitrogens with zero attached hydrogens (tertiary/aromatic N) is 3. The molecule has 8 heteroatoms. The molecule has 0 radical (unpaired) electrons. The second kappa shape index (κ2) is 7.05. The fourth-order valence-electron chi connectivity index (χ4n) is 1.81. The summed E-state index contributed by atoms with van der Waals surface area (Å²) in [4.78, 5) is 15.9. The van der Waals surface area contributed by atoms with Crippen molar-refractivity contribution in [3.8, 4) is 5.69 Å². The van der Waals surface area contributed by atoms with Gasteiger partial charge in [-0.25, -0.2) is 14.5 Å². The first kappa shape index (κ1) is 15.3. The SMILES string of the molecule is COC[C@H](C)NC(=O)Nc1cc(Cl)ccc1-n1cncn1. The lowest BCUT2D eigenvalue weighted by Gasteiger charge is -2.15. The van der Waals surface area contributed by atoms with Crippen molar-refractivity contribution < 1.29 is 9.53 Å². The number of amides is 2. The molecule has 2 aromatic rings. The summed E-state index contributed by atoms with van der Waals surface area (Å²) in [7, 11) is 1.58. The van der Waals surface area contributed by atoms with E-state index in [1.165, 1.54) is 6.33 Å². The van der Waals surface area contributed by atoms with E-state index in [0.29, 0.717) is 23.0 Å². The molecule has 2 amide bonds. The van der Waals surface area contributed by atoms with Crippen LogP contribution in [0.15, 0.2) is 30.9 Å². The van der Waals surface area contributed by atoms with Gasteiger partial charge in [0.1, 0.15) is 12.7 Å². The number of ether oxygens (including phenoxy) is 1. The average Bonchev–Trinajstić information content (AvgIpc) is 2.92. The van der Waals surface area contributed by atoms with Crippen LogP contribution in [0.3, 0.4) is 0 Å². The van der Waals surface area contributed by atoms with Crippen LogP contribution in [0.4, 0.5) is 10.5 Å². The highest BCUT2D eigenvalue weighted by Crippen LogP contribution is 2.23. The Balaban J connectivity index is 2.15. The zero-order valence-corrected chi connectivity index (χ0v) is 12.5. The molecule has 0 bridgehead atoms. The lowest BCUT2D eigenvalue weighted by Crippen LogP contribution is -2.38. The minimum absolute atomic E-state index is 0.107.